The van der Waals surface area contributed by atoms with Crippen molar-refractivity contribution in [2.45, 2.75) is 25.9 Å². The zero-order valence-corrected chi connectivity index (χ0v) is 22.9. The molecule has 1 atom stereocenters. The Morgan fingerprint density at radius 2 is 1.39 bits per heavy atom. The van der Waals surface area contributed by atoms with E-state index >= 15 is 0 Å². The first kappa shape index (κ1) is 26.3. The number of anilines is 1. The summed E-state index contributed by atoms with van der Waals surface area (Å²) in [5.74, 6) is -0.768. The molecule has 204 valence electrons. The van der Waals surface area contributed by atoms with Crippen molar-refractivity contribution in [3.63, 3.8) is 0 Å². The van der Waals surface area contributed by atoms with Crippen molar-refractivity contribution >= 4 is 17.5 Å². The van der Waals surface area contributed by atoms with Crippen LogP contribution in [-0.2, 0) is 4.79 Å². The number of para-hydroxylation sites is 2. The molecular weight excluding hydrogens is 513 g/mol. The number of carbonyl (C=O) groups excluding carboxylic acids is 2. The van der Waals surface area contributed by atoms with Crippen LogP contribution >= 0.6 is 0 Å². The molecule has 6 heteroatoms. The molecule has 5 nitrogen and oxygen atoms in total. The molecule has 4 aromatic carbocycles. The maximum absolute atomic E-state index is 14.3. The largest absolute Gasteiger partial charge is 0.327 e. The van der Waals surface area contributed by atoms with Crippen molar-refractivity contribution in [3.05, 3.63) is 144 Å². The Kier molecular flexibility index (Phi) is 6.98. The smallest absolute Gasteiger partial charge is 0.254 e. The summed E-state index contributed by atoms with van der Waals surface area (Å²) in [5.41, 5.74) is 5.90. The Morgan fingerprint density at radius 3 is 2.07 bits per heavy atom. The molecule has 1 aliphatic rings. The molecule has 6 rings (SSSR count). The molecule has 0 saturated heterocycles. The second-order valence-electron chi connectivity index (χ2n) is 10.5. The van der Waals surface area contributed by atoms with Crippen LogP contribution in [0, 0.1) is 5.82 Å². The summed E-state index contributed by atoms with van der Waals surface area (Å²) in [6.07, 6.45) is 1.97. The van der Waals surface area contributed by atoms with Crippen LogP contribution in [0.2, 0.25) is 0 Å². The second kappa shape index (κ2) is 10.9. The van der Waals surface area contributed by atoms with E-state index in [4.69, 9.17) is 0 Å². The van der Waals surface area contributed by atoms with Crippen molar-refractivity contribution in [1.82, 2.24) is 9.47 Å². The van der Waals surface area contributed by atoms with Gasteiger partial charge in [0.2, 0.25) is 5.91 Å². The monoisotopic (exact) mass is 543 g/mol. The second-order valence-corrected chi connectivity index (χ2v) is 10.5. The van der Waals surface area contributed by atoms with Gasteiger partial charge in [0.15, 0.2) is 0 Å². The zero-order valence-electron chi connectivity index (χ0n) is 22.9. The van der Waals surface area contributed by atoms with Crippen LogP contribution in [0.15, 0.2) is 121 Å². The molecule has 1 aliphatic heterocycles. The van der Waals surface area contributed by atoms with E-state index in [0.717, 1.165) is 33.8 Å². The molecule has 0 radical (unpaired) electrons. The molecule has 0 bridgehead atoms. The van der Waals surface area contributed by atoms with Gasteiger partial charge >= 0.3 is 0 Å². The highest BCUT2D eigenvalue weighted by molar-refractivity contribution is 6.03. The van der Waals surface area contributed by atoms with Crippen LogP contribution in [0.25, 0.3) is 16.8 Å². The summed E-state index contributed by atoms with van der Waals surface area (Å²) in [6.45, 7) is 3.72. The molecule has 5 aromatic rings. The van der Waals surface area contributed by atoms with E-state index in [1.807, 2.05) is 111 Å². The van der Waals surface area contributed by atoms with E-state index < -0.39 is 6.04 Å². The topological polar surface area (TPSA) is 45.6 Å². The van der Waals surface area contributed by atoms with E-state index in [9.17, 15) is 14.0 Å². The highest BCUT2D eigenvalue weighted by atomic mass is 19.1. The lowest BCUT2D eigenvalue weighted by atomic mass is 9.97. The van der Waals surface area contributed by atoms with E-state index in [-0.39, 0.29) is 30.2 Å². The summed E-state index contributed by atoms with van der Waals surface area (Å²) >= 11 is 0. The number of nitrogens with zero attached hydrogens (tertiary/aromatic N) is 3. The fraction of sp³-hybridized carbons (Fsp3) is 0.143. The predicted molar refractivity (Wildman–Crippen MR) is 160 cm³/mol. The molecule has 0 fully saturated rings. The Hall–Kier alpha value is -4.97. The Morgan fingerprint density at radius 1 is 0.756 bits per heavy atom. The lowest BCUT2D eigenvalue weighted by molar-refractivity contribution is -0.120. The number of aromatic nitrogens is 1. The van der Waals surface area contributed by atoms with Crippen molar-refractivity contribution in [3.8, 4) is 16.8 Å². The van der Waals surface area contributed by atoms with E-state index in [1.54, 1.807) is 21.9 Å². The molecule has 0 spiro atoms. The standard InChI is InChI=1S/C35H30FN3O2/c1-24(2)38(35(41)28-16-14-26(15-17-28)25-9-4-3-5-10-25)23-33(40)39-31-12-7-6-11-30(31)37-22-8-13-32(37)34(39)27-18-20-29(36)21-19-27/h3-22,24,34H,23H2,1-2H3. The number of amides is 2. The first-order chi connectivity index (χ1) is 19.9. The maximum Gasteiger partial charge on any atom is 0.254 e. The van der Waals surface area contributed by atoms with Gasteiger partial charge < -0.3 is 9.47 Å². The van der Waals surface area contributed by atoms with Crippen molar-refractivity contribution < 1.29 is 14.0 Å². The number of hydrogen-bond acceptors (Lipinski definition) is 2. The number of hydrogen-bond donors (Lipinski definition) is 0. The Labute approximate surface area is 239 Å². The molecule has 0 aliphatic carbocycles. The predicted octanol–water partition coefficient (Wildman–Crippen LogP) is 7.27. The van der Waals surface area contributed by atoms with Crippen molar-refractivity contribution in [2.24, 2.45) is 0 Å². The molecule has 0 N–H and O–H groups in total. The average Bonchev–Trinajstić information content (AvgIpc) is 3.50. The van der Waals surface area contributed by atoms with Gasteiger partial charge in [-0.2, -0.15) is 0 Å². The van der Waals surface area contributed by atoms with Gasteiger partial charge in [0.1, 0.15) is 18.4 Å². The van der Waals surface area contributed by atoms with Gasteiger partial charge in [0.25, 0.3) is 5.91 Å². The van der Waals surface area contributed by atoms with Crippen LogP contribution in [0.5, 0.6) is 0 Å². The van der Waals surface area contributed by atoms with Gasteiger partial charge in [0, 0.05) is 17.8 Å². The lowest BCUT2D eigenvalue weighted by Crippen LogP contribution is -2.48. The lowest BCUT2D eigenvalue weighted by Gasteiger charge is -2.40. The van der Waals surface area contributed by atoms with Crippen molar-refractivity contribution in [2.75, 3.05) is 11.4 Å². The SMILES string of the molecule is CC(C)N(CC(=O)N1c2ccccc2-n2cccc2C1c1ccc(F)cc1)C(=O)c1ccc(-c2ccccc2)cc1. The van der Waals surface area contributed by atoms with E-state index in [2.05, 4.69) is 4.57 Å². The third-order valence-corrected chi connectivity index (χ3v) is 7.60. The van der Waals surface area contributed by atoms with Crippen LogP contribution in [0.3, 0.4) is 0 Å². The van der Waals surface area contributed by atoms with Gasteiger partial charge in [-0.15, -0.1) is 0 Å². The molecule has 41 heavy (non-hydrogen) atoms. The fourth-order valence-electron chi connectivity index (χ4n) is 5.53. The molecule has 0 saturated carbocycles. The molecule has 2 amide bonds. The summed E-state index contributed by atoms with van der Waals surface area (Å²) in [4.78, 5) is 31.4. The number of halogens is 1. The number of benzene rings is 4. The quantitative estimate of drug-likeness (QED) is 0.226. The van der Waals surface area contributed by atoms with Gasteiger partial charge in [-0.05, 0) is 79.1 Å². The normalized spacial score (nSPS) is 14.0. The van der Waals surface area contributed by atoms with Gasteiger partial charge in [0.05, 0.1) is 17.1 Å². The average molecular weight is 544 g/mol. The van der Waals surface area contributed by atoms with E-state index in [1.165, 1.54) is 12.1 Å². The highest BCUT2D eigenvalue weighted by Crippen LogP contribution is 2.42. The highest BCUT2D eigenvalue weighted by Gasteiger charge is 2.37. The van der Waals surface area contributed by atoms with Crippen molar-refractivity contribution in [1.29, 1.82) is 0 Å². The number of fused-ring (bicyclic) bond motifs is 3. The summed E-state index contributed by atoms with van der Waals surface area (Å²) in [5, 5.41) is 0. The Bertz CT molecular complexity index is 1690. The van der Waals surface area contributed by atoms with Gasteiger partial charge in [-0.25, -0.2) is 4.39 Å². The fourth-order valence-corrected chi connectivity index (χ4v) is 5.53. The Balaban J connectivity index is 1.34. The van der Waals surface area contributed by atoms with Crippen LogP contribution in [-0.4, -0.2) is 33.9 Å². The minimum absolute atomic E-state index is 0.107. The third-order valence-electron chi connectivity index (χ3n) is 7.60. The van der Waals surface area contributed by atoms with Gasteiger partial charge in [-0.3, -0.25) is 14.5 Å². The number of rotatable bonds is 6. The summed E-state index contributed by atoms with van der Waals surface area (Å²) in [7, 11) is 0. The molecule has 1 unspecified atom stereocenters. The first-order valence-electron chi connectivity index (χ1n) is 13.7. The zero-order chi connectivity index (χ0) is 28.5. The van der Waals surface area contributed by atoms with Crippen LogP contribution < -0.4 is 4.90 Å². The maximum atomic E-state index is 14.3. The minimum Gasteiger partial charge on any atom is -0.327 e. The minimum atomic E-state index is -0.484. The third kappa shape index (κ3) is 4.93. The molecule has 2 heterocycles. The molecule has 1 aromatic heterocycles. The van der Waals surface area contributed by atoms with E-state index in [0.29, 0.717) is 5.56 Å². The van der Waals surface area contributed by atoms with Crippen LogP contribution in [0.1, 0.15) is 41.5 Å². The van der Waals surface area contributed by atoms with Gasteiger partial charge in [-0.1, -0.05) is 66.7 Å². The summed E-state index contributed by atoms with van der Waals surface area (Å²) < 4.78 is 15.9. The van der Waals surface area contributed by atoms with Crippen LogP contribution in [0.4, 0.5) is 10.1 Å². The first-order valence-corrected chi connectivity index (χ1v) is 13.7. The summed E-state index contributed by atoms with van der Waals surface area (Å²) in [6, 6.07) is 34.7. The molecular formula is C35H30FN3O2. The number of carbonyl (C=O) groups is 2.